The second-order valence-corrected chi connectivity index (χ2v) is 7.65. The number of dihydropyridines is 1. The average Bonchev–Trinajstić information content (AvgIpc) is 3.33. The molecule has 0 amide bonds. The normalized spacial score (nSPS) is 20.1. The molecule has 0 aliphatic carbocycles. The van der Waals surface area contributed by atoms with Gasteiger partial charge in [-0.2, -0.15) is 0 Å². The molecule has 0 bridgehead atoms. The molecular weight excluding hydrogens is 392 g/mol. The number of hydrogen-bond donors (Lipinski definition) is 1. The molecule has 2 unspecified atom stereocenters. The van der Waals surface area contributed by atoms with E-state index in [1.54, 1.807) is 6.26 Å². The first-order valence-corrected chi connectivity index (χ1v) is 10.5. The molecule has 31 heavy (non-hydrogen) atoms. The smallest absolute Gasteiger partial charge is 0.192 e. The zero-order valence-corrected chi connectivity index (χ0v) is 17.5. The van der Waals surface area contributed by atoms with Crippen LogP contribution in [-0.2, 0) is 0 Å². The Kier molecular flexibility index (Phi) is 5.16. The molecule has 2 atom stereocenters. The average molecular weight is 416 g/mol. The number of ether oxygens (including phenoxy) is 2. The van der Waals surface area contributed by atoms with Gasteiger partial charge in [0.15, 0.2) is 23.4 Å². The molecule has 0 saturated heterocycles. The van der Waals surface area contributed by atoms with Crippen LogP contribution in [0.4, 0.5) is 5.82 Å². The molecule has 7 heteroatoms. The number of aliphatic imine (C=N–C) groups is 1. The molecule has 0 fully saturated rings. The van der Waals surface area contributed by atoms with E-state index in [9.17, 15) is 0 Å². The van der Waals surface area contributed by atoms with Gasteiger partial charge in [-0.15, -0.1) is 0 Å². The molecule has 0 radical (unpaired) electrons. The summed E-state index contributed by atoms with van der Waals surface area (Å²) in [5.41, 5.74) is 1.99. The third-order valence-electron chi connectivity index (χ3n) is 5.44. The summed E-state index contributed by atoms with van der Waals surface area (Å²) < 4.78 is 17.6. The van der Waals surface area contributed by atoms with E-state index < -0.39 is 0 Å². The van der Waals surface area contributed by atoms with Crippen molar-refractivity contribution in [3.8, 4) is 11.5 Å². The number of aryl methyl sites for hydroxylation is 1. The van der Waals surface area contributed by atoms with Crippen molar-refractivity contribution >= 4 is 17.2 Å². The Bertz CT molecular complexity index is 1140. The quantitative estimate of drug-likeness (QED) is 0.656. The van der Waals surface area contributed by atoms with Gasteiger partial charge in [-0.05, 0) is 43.7 Å². The highest BCUT2D eigenvalue weighted by Crippen LogP contribution is 2.35. The molecular formula is C24H24N4O3. The van der Waals surface area contributed by atoms with Crippen molar-refractivity contribution in [3.63, 3.8) is 0 Å². The summed E-state index contributed by atoms with van der Waals surface area (Å²) in [6.45, 7) is 5.17. The van der Waals surface area contributed by atoms with E-state index in [0.29, 0.717) is 36.5 Å². The fourth-order valence-electron chi connectivity index (χ4n) is 3.83. The van der Waals surface area contributed by atoms with Crippen LogP contribution in [0.3, 0.4) is 0 Å². The molecule has 2 aliphatic rings. The summed E-state index contributed by atoms with van der Waals surface area (Å²) >= 11 is 0. The topological polar surface area (TPSA) is 81.8 Å². The number of fused-ring (bicyclic) bond motifs is 1. The zero-order valence-electron chi connectivity index (χ0n) is 17.5. The molecule has 7 nitrogen and oxygen atoms in total. The van der Waals surface area contributed by atoms with Gasteiger partial charge in [0.25, 0.3) is 0 Å². The molecule has 2 aromatic heterocycles. The molecule has 1 aromatic carbocycles. The van der Waals surface area contributed by atoms with Gasteiger partial charge in [0, 0.05) is 29.8 Å². The molecule has 5 rings (SSSR count). The first-order chi connectivity index (χ1) is 15.2. The molecule has 1 N–H and O–H groups in total. The third kappa shape index (κ3) is 4.03. The minimum Gasteiger partial charge on any atom is -0.485 e. The Labute approximate surface area is 180 Å². The highest BCUT2D eigenvalue weighted by atomic mass is 16.6. The van der Waals surface area contributed by atoms with Crippen LogP contribution in [0.25, 0.3) is 5.57 Å². The Morgan fingerprint density at radius 3 is 2.77 bits per heavy atom. The fraction of sp³-hybridized carbons (Fsp3) is 0.292. The number of para-hydroxylation sites is 2. The number of aromatic nitrogens is 2. The lowest BCUT2D eigenvalue weighted by Crippen LogP contribution is -2.25. The third-order valence-corrected chi connectivity index (χ3v) is 5.44. The van der Waals surface area contributed by atoms with Crippen molar-refractivity contribution < 1.29 is 13.9 Å². The largest absolute Gasteiger partial charge is 0.485 e. The highest BCUT2D eigenvalue weighted by molar-refractivity contribution is 6.08. The van der Waals surface area contributed by atoms with Crippen molar-refractivity contribution in [2.45, 2.75) is 26.4 Å². The number of nitrogens with one attached hydrogen (secondary N) is 1. The summed E-state index contributed by atoms with van der Waals surface area (Å²) in [6.07, 6.45) is 4.37. The number of furan rings is 1. The van der Waals surface area contributed by atoms with Crippen LogP contribution in [0.2, 0.25) is 0 Å². The predicted molar refractivity (Wildman–Crippen MR) is 118 cm³/mol. The van der Waals surface area contributed by atoms with Gasteiger partial charge in [0.05, 0.1) is 6.26 Å². The second kappa shape index (κ2) is 8.26. The number of amidine groups is 1. The molecule has 3 aromatic rings. The number of anilines is 1. The lowest BCUT2D eigenvalue weighted by molar-refractivity contribution is 0.0850. The van der Waals surface area contributed by atoms with Gasteiger partial charge in [0.2, 0.25) is 0 Å². The monoisotopic (exact) mass is 416 g/mol. The number of rotatable bonds is 4. The fourth-order valence-corrected chi connectivity index (χ4v) is 3.83. The summed E-state index contributed by atoms with van der Waals surface area (Å²) in [7, 11) is 0. The van der Waals surface area contributed by atoms with Crippen LogP contribution in [-0.4, -0.2) is 29.0 Å². The molecule has 2 aliphatic heterocycles. The zero-order chi connectivity index (χ0) is 21.2. The number of nitrogens with zero attached hydrogens (tertiary/aromatic N) is 3. The summed E-state index contributed by atoms with van der Waals surface area (Å²) in [4.78, 5) is 14.0. The van der Waals surface area contributed by atoms with Crippen molar-refractivity contribution in [2.24, 2.45) is 10.9 Å². The van der Waals surface area contributed by atoms with Crippen molar-refractivity contribution in [3.05, 3.63) is 72.1 Å². The Balaban J connectivity index is 1.38. The molecule has 158 valence electrons. The van der Waals surface area contributed by atoms with Crippen LogP contribution < -0.4 is 14.8 Å². The standard InChI is InChI=1S/C24H24N4O3/c1-3-16-13-25-22(12-17(16)18-9-6-10-29-18)27-23-11-15(2)26-24(28-23)21-14-30-19-7-4-5-8-20(19)31-21/h4-12,16,21H,3,13-14H2,1-2H3,(H,25,26,27,28). The van der Waals surface area contributed by atoms with Crippen molar-refractivity contribution in [1.29, 1.82) is 0 Å². The van der Waals surface area contributed by atoms with E-state index in [1.165, 1.54) is 0 Å². The van der Waals surface area contributed by atoms with Gasteiger partial charge in [-0.3, -0.25) is 4.99 Å². The van der Waals surface area contributed by atoms with E-state index in [2.05, 4.69) is 17.2 Å². The first kappa shape index (κ1) is 19.4. The van der Waals surface area contributed by atoms with Crippen LogP contribution in [0.1, 0.15) is 36.7 Å². The Morgan fingerprint density at radius 2 is 1.97 bits per heavy atom. The van der Waals surface area contributed by atoms with Crippen molar-refractivity contribution in [1.82, 2.24) is 9.97 Å². The molecule has 0 spiro atoms. The summed E-state index contributed by atoms with van der Waals surface area (Å²) in [5.74, 6) is 4.67. The predicted octanol–water partition coefficient (Wildman–Crippen LogP) is 4.82. The summed E-state index contributed by atoms with van der Waals surface area (Å²) in [5, 5.41) is 3.34. The number of hydrogen-bond acceptors (Lipinski definition) is 7. The van der Waals surface area contributed by atoms with Gasteiger partial charge in [-0.25, -0.2) is 9.97 Å². The van der Waals surface area contributed by atoms with Gasteiger partial charge < -0.3 is 19.2 Å². The van der Waals surface area contributed by atoms with Gasteiger partial charge in [-0.1, -0.05) is 19.1 Å². The first-order valence-electron chi connectivity index (χ1n) is 10.5. The van der Waals surface area contributed by atoms with Crippen molar-refractivity contribution in [2.75, 3.05) is 18.5 Å². The minimum atomic E-state index is -0.373. The maximum Gasteiger partial charge on any atom is 0.192 e. The van der Waals surface area contributed by atoms with E-state index in [-0.39, 0.29) is 6.10 Å². The molecule has 4 heterocycles. The van der Waals surface area contributed by atoms with Crippen LogP contribution in [0.15, 0.2) is 64.2 Å². The van der Waals surface area contributed by atoms with Gasteiger partial charge >= 0.3 is 0 Å². The lowest BCUT2D eigenvalue weighted by atomic mass is 9.92. The maximum absolute atomic E-state index is 6.08. The van der Waals surface area contributed by atoms with Crippen LogP contribution >= 0.6 is 0 Å². The van der Waals surface area contributed by atoms with Crippen LogP contribution in [0.5, 0.6) is 11.5 Å². The maximum atomic E-state index is 6.08. The lowest BCUT2D eigenvalue weighted by Gasteiger charge is -2.26. The second-order valence-electron chi connectivity index (χ2n) is 7.65. The van der Waals surface area contributed by atoms with E-state index >= 15 is 0 Å². The SMILES string of the molecule is CCC1CN=C(Nc2cc(C)nc(C3COc4ccccc4O3)n2)C=C1c1ccco1. The number of benzene rings is 1. The Morgan fingerprint density at radius 1 is 1.10 bits per heavy atom. The van der Waals surface area contributed by atoms with E-state index in [1.807, 2.05) is 55.5 Å². The van der Waals surface area contributed by atoms with Crippen LogP contribution in [0, 0.1) is 12.8 Å². The molecule has 0 saturated carbocycles. The highest BCUT2D eigenvalue weighted by Gasteiger charge is 2.26. The Hall–Kier alpha value is -3.61. The van der Waals surface area contributed by atoms with E-state index in [0.717, 1.165) is 35.0 Å². The summed E-state index contributed by atoms with van der Waals surface area (Å²) in [6, 6.07) is 13.4. The van der Waals surface area contributed by atoms with E-state index in [4.69, 9.17) is 23.9 Å². The minimum absolute atomic E-state index is 0.340. The van der Waals surface area contributed by atoms with Gasteiger partial charge in [0.1, 0.15) is 24.0 Å².